The monoisotopic (exact) mass is 222 g/mol. The molecule has 0 aliphatic rings. The first-order chi connectivity index (χ1) is 7.58. The van der Waals surface area contributed by atoms with Crippen LogP contribution in [0.5, 0.6) is 5.75 Å². The van der Waals surface area contributed by atoms with Gasteiger partial charge >= 0.3 is 5.97 Å². The van der Waals surface area contributed by atoms with Crippen LogP contribution in [0.15, 0.2) is 18.2 Å². The fourth-order valence-corrected chi connectivity index (χ4v) is 1.59. The van der Waals surface area contributed by atoms with Crippen LogP contribution < -0.4 is 4.74 Å². The van der Waals surface area contributed by atoms with Gasteiger partial charge in [0.15, 0.2) is 0 Å². The van der Waals surface area contributed by atoms with Gasteiger partial charge in [-0.25, -0.2) is 0 Å². The molecule has 1 aromatic rings. The molecule has 3 heteroatoms. The number of carbonyl (C=O) groups is 1. The molecule has 0 radical (unpaired) electrons. The summed E-state index contributed by atoms with van der Waals surface area (Å²) >= 11 is 0. The molecule has 3 nitrogen and oxygen atoms in total. The molecule has 0 N–H and O–H groups in total. The number of rotatable bonds is 4. The van der Waals surface area contributed by atoms with Crippen LogP contribution in [-0.2, 0) is 9.53 Å². The van der Waals surface area contributed by atoms with Crippen molar-refractivity contribution in [2.75, 3.05) is 14.2 Å². The maximum absolute atomic E-state index is 11.2. The summed E-state index contributed by atoms with van der Waals surface area (Å²) in [6, 6.07) is 6.00. The van der Waals surface area contributed by atoms with Crippen LogP contribution >= 0.6 is 0 Å². The number of hydrogen-bond acceptors (Lipinski definition) is 3. The summed E-state index contributed by atoms with van der Waals surface area (Å²) in [6.07, 6.45) is 0.392. The van der Waals surface area contributed by atoms with Gasteiger partial charge in [0, 0.05) is 0 Å². The summed E-state index contributed by atoms with van der Waals surface area (Å²) < 4.78 is 9.90. The Hall–Kier alpha value is -1.51. The average molecular weight is 222 g/mol. The Labute approximate surface area is 96.4 Å². The van der Waals surface area contributed by atoms with Gasteiger partial charge in [0.05, 0.1) is 20.6 Å². The van der Waals surface area contributed by atoms with Crippen molar-refractivity contribution < 1.29 is 14.3 Å². The van der Waals surface area contributed by atoms with Crippen molar-refractivity contribution in [3.05, 3.63) is 29.3 Å². The summed E-state index contributed by atoms with van der Waals surface area (Å²) in [5.41, 5.74) is 2.18. The lowest BCUT2D eigenvalue weighted by molar-refractivity contribution is -0.140. The average Bonchev–Trinajstić information content (AvgIpc) is 2.29. The van der Waals surface area contributed by atoms with Gasteiger partial charge in [0.1, 0.15) is 5.75 Å². The molecular formula is C13H18O3. The fourth-order valence-electron chi connectivity index (χ4n) is 1.59. The van der Waals surface area contributed by atoms with Gasteiger partial charge in [0.25, 0.3) is 0 Å². The summed E-state index contributed by atoms with van der Waals surface area (Å²) in [4.78, 5) is 11.2. The lowest BCUT2D eigenvalue weighted by Crippen LogP contribution is -2.06. The SMILES string of the molecule is COC(=O)C[C@H](C)c1ccc(C)c(OC)c1. The minimum Gasteiger partial charge on any atom is -0.496 e. The second-order valence-corrected chi connectivity index (χ2v) is 3.91. The molecule has 0 bridgehead atoms. The molecule has 0 saturated carbocycles. The van der Waals surface area contributed by atoms with Crippen molar-refractivity contribution in [3.63, 3.8) is 0 Å². The summed E-state index contributed by atoms with van der Waals surface area (Å²) in [5.74, 6) is 0.809. The Kier molecular flexibility index (Phi) is 4.35. The number of carbonyl (C=O) groups excluding carboxylic acids is 1. The normalized spacial score (nSPS) is 12.0. The molecule has 16 heavy (non-hydrogen) atoms. The third-order valence-corrected chi connectivity index (χ3v) is 2.70. The molecule has 0 aliphatic heterocycles. The second-order valence-electron chi connectivity index (χ2n) is 3.91. The van der Waals surface area contributed by atoms with Crippen molar-refractivity contribution in [1.29, 1.82) is 0 Å². The quantitative estimate of drug-likeness (QED) is 0.735. The fraction of sp³-hybridized carbons (Fsp3) is 0.462. The zero-order valence-electron chi connectivity index (χ0n) is 10.2. The van der Waals surface area contributed by atoms with Gasteiger partial charge in [-0.3, -0.25) is 4.79 Å². The lowest BCUT2D eigenvalue weighted by Gasteiger charge is -2.13. The Morgan fingerprint density at radius 2 is 2.06 bits per heavy atom. The molecule has 0 amide bonds. The zero-order valence-corrected chi connectivity index (χ0v) is 10.2. The van der Waals surface area contributed by atoms with Gasteiger partial charge in [-0.2, -0.15) is 0 Å². The summed E-state index contributed by atoms with van der Waals surface area (Å²) in [7, 11) is 3.06. The number of methoxy groups -OCH3 is 2. The molecule has 0 saturated heterocycles. The van der Waals surface area contributed by atoms with Crippen LogP contribution in [0.4, 0.5) is 0 Å². The van der Waals surface area contributed by atoms with Crippen LogP contribution in [0.25, 0.3) is 0 Å². The van der Waals surface area contributed by atoms with Crippen molar-refractivity contribution >= 4 is 5.97 Å². The van der Waals surface area contributed by atoms with Crippen molar-refractivity contribution in [3.8, 4) is 5.75 Å². The van der Waals surface area contributed by atoms with E-state index in [0.29, 0.717) is 6.42 Å². The van der Waals surface area contributed by atoms with E-state index in [-0.39, 0.29) is 11.9 Å². The van der Waals surface area contributed by atoms with E-state index < -0.39 is 0 Å². The van der Waals surface area contributed by atoms with Crippen LogP contribution in [0.2, 0.25) is 0 Å². The van der Waals surface area contributed by atoms with E-state index in [1.165, 1.54) is 7.11 Å². The van der Waals surface area contributed by atoms with E-state index in [1.807, 2.05) is 32.0 Å². The molecular weight excluding hydrogens is 204 g/mol. The van der Waals surface area contributed by atoms with Gasteiger partial charge in [-0.15, -0.1) is 0 Å². The summed E-state index contributed by atoms with van der Waals surface area (Å²) in [6.45, 7) is 3.99. The number of aryl methyl sites for hydroxylation is 1. The highest BCUT2D eigenvalue weighted by Gasteiger charge is 2.12. The third kappa shape index (κ3) is 2.99. The minimum atomic E-state index is -0.188. The van der Waals surface area contributed by atoms with E-state index in [9.17, 15) is 4.79 Å². The Morgan fingerprint density at radius 3 is 2.62 bits per heavy atom. The van der Waals surface area contributed by atoms with Crippen LogP contribution in [0.1, 0.15) is 30.4 Å². The van der Waals surface area contributed by atoms with Crippen LogP contribution in [-0.4, -0.2) is 20.2 Å². The first-order valence-electron chi connectivity index (χ1n) is 5.29. The van der Waals surface area contributed by atoms with Crippen LogP contribution in [0, 0.1) is 6.92 Å². The predicted molar refractivity (Wildman–Crippen MR) is 62.8 cm³/mol. The third-order valence-electron chi connectivity index (χ3n) is 2.70. The molecule has 88 valence electrons. The number of hydrogen-bond donors (Lipinski definition) is 0. The molecule has 1 rings (SSSR count). The Balaban J connectivity index is 2.83. The molecule has 0 aliphatic carbocycles. The summed E-state index contributed by atoms with van der Waals surface area (Å²) in [5, 5.41) is 0. The Bertz CT molecular complexity index is 371. The number of ether oxygens (including phenoxy) is 2. The largest absolute Gasteiger partial charge is 0.496 e. The van der Waals surface area contributed by atoms with E-state index in [2.05, 4.69) is 4.74 Å². The van der Waals surface area contributed by atoms with Crippen molar-refractivity contribution in [1.82, 2.24) is 0 Å². The molecule has 0 fully saturated rings. The van der Waals surface area contributed by atoms with Crippen LogP contribution in [0.3, 0.4) is 0 Å². The van der Waals surface area contributed by atoms with Gasteiger partial charge in [-0.1, -0.05) is 19.1 Å². The highest BCUT2D eigenvalue weighted by molar-refractivity contribution is 5.70. The lowest BCUT2D eigenvalue weighted by atomic mass is 9.96. The van der Waals surface area contributed by atoms with Gasteiger partial charge in [-0.05, 0) is 30.0 Å². The topological polar surface area (TPSA) is 35.5 Å². The molecule has 0 spiro atoms. The number of benzene rings is 1. The van der Waals surface area contributed by atoms with E-state index in [0.717, 1.165) is 16.9 Å². The van der Waals surface area contributed by atoms with E-state index >= 15 is 0 Å². The maximum atomic E-state index is 11.2. The highest BCUT2D eigenvalue weighted by atomic mass is 16.5. The van der Waals surface area contributed by atoms with E-state index in [4.69, 9.17) is 4.74 Å². The predicted octanol–water partition coefficient (Wildman–Crippen LogP) is 2.67. The second kappa shape index (κ2) is 5.54. The molecule has 0 aromatic heterocycles. The van der Waals surface area contributed by atoms with Gasteiger partial charge < -0.3 is 9.47 Å². The van der Waals surface area contributed by atoms with Gasteiger partial charge in [0.2, 0.25) is 0 Å². The Morgan fingerprint density at radius 1 is 1.38 bits per heavy atom. The van der Waals surface area contributed by atoms with Crippen molar-refractivity contribution in [2.45, 2.75) is 26.2 Å². The highest BCUT2D eigenvalue weighted by Crippen LogP contribution is 2.26. The molecule has 0 heterocycles. The molecule has 1 atom stereocenters. The standard InChI is InChI=1S/C13H18O3/c1-9-5-6-11(8-12(9)15-3)10(2)7-13(14)16-4/h5-6,8,10H,7H2,1-4H3/t10-/m0/s1. The first-order valence-corrected chi connectivity index (χ1v) is 5.29. The van der Waals surface area contributed by atoms with E-state index in [1.54, 1.807) is 7.11 Å². The maximum Gasteiger partial charge on any atom is 0.306 e. The molecule has 1 aromatic carbocycles. The first kappa shape index (κ1) is 12.6. The zero-order chi connectivity index (χ0) is 12.1. The number of esters is 1. The molecule has 0 unspecified atom stereocenters. The van der Waals surface area contributed by atoms with Crippen molar-refractivity contribution in [2.24, 2.45) is 0 Å². The smallest absolute Gasteiger partial charge is 0.306 e. The minimum absolute atomic E-state index is 0.141.